The number of H-pyrrole nitrogens is 1. The Morgan fingerprint density at radius 1 is 1.29 bits per heavy atom. The highest BCUT2D eigenvalue weighted by Gasteiger charge is 2.32. The third-order valence-electron chi connectivity index (χ3n) is 4.64. The lowest BCUT2D eigenvalue weighted by Crippen LogP contribution is -2.34. The maximum Gasteiger partial charge on any atom is 0.322 e. The van der Waals surface area contributed by atoms with Crippen molar-refractivity contribution in [2.24, 2.45) is 0 Å². The molecule has 28 heavy (non-hydrogen) atoms. The van der Waals surface area contributed by atoms with Crippen molar-refractivity contribution in [1.29, 1.82) is 0 Å². The number of aryl methyl sites for hydroxylation is 1. The summed E-state index contributed by atoms with van der Waals surface area (Å²) in [5.74, 6) is 2.14. The molecule has 1 atom stereocenters. The minimum absolute atomic E-state index is 0.0917. The molecular weight excluding hydrogens is 356 g/mol. The number of hydrogen-bond donors (Lipinski definition) is 2. The van der Waals surface area contributed by atoms with Crippen molar-refractivity contribution in [3.63, 3.8) is 0 Å². The Hall–Kier alpha value is -3.42. The topological polar surface area (TPSA) is 96.0 Å². The van der Waals surface area contributed by atoms with E-state index >= 15 is 0 Å². The summed E-state index contributed by atoms with van der Waals surface area (Å²) >= 11 is 0. The monoisotopic (exact) mass is 378 g/mol. The van der Waals surface area contributed by atoms with Crippen LogP contribution in [0.5, 0.6) is 5.75 Å². The molecule has 8 nitrogen and oxygen atoms in total. The summed E-state index contributed by atoms with van der Waals surface area (Å²) < 4.78 is 5.72. The highest BCUT2D eigenvalue weighted by atomic mass is 16.5. The van der Waals surface area contributed by atoms with Crippen molar-refractivity contribution < 1.29 is 9.53 Å². The Kier molecular flexibility index (Phi) is 5.18. The highest BCUT2D eigenvalue weighted by molar-refractivity contribution is 5.89. The first-order valence-corrected chi connectivity index (χ1v) is 9.28. The largest absolute Gasteiger partial charge is 0.487 e. The van der Waals surface area contributed by atoms with E-state index in [4.69, 9.17) is 4.74 Å². The van der Waals surface area contributed by atoms with Crippen LogP contribution in [-0.4, -0.2) is 37.6 Å². The number of hydrogen-bond acceptors (Lipinski definition) is 5. The lowest BCUT2D eigenvalue weighted by molar-refractivity contribution is 0.205. The van der Waals surface area contributed by atoms with Crippen LogP contribution in [-0.2, 0) is 6.61 Å². The number of aromatic nitrogens is 4. The van der Waals surface area contributed by atoms with Crippen LogP contribution >= 0.6 is 0 Å². The number of nitrogens with zero attached hydrogens (tertiary/aromatic N) is 4. The van der Waals surface area contributed by atoms with Gasteiger partial charge in [-0.15, -0.1) is 0 Å². The number of rotatable bonds is 5. The van der Waals surface area contributed by atoms with Crippen LogP contribution in [0.3, 0.4) is 0 Å². The molecule has 0 saturated carbocycles. The van der Waals surface area contributed by atoms with Crippen molar-refractivity contribution in [3.05, 3.63) is 66.0 Å². The SMILES string of the molecule is Cc1nc([C@H]2CCCN2C(=O)Nc2ccc(OCc3ccccn3)cc2)n[nH]1. The van der Waals surface area contributed by atoms with Gasteiger partial charge in [0.1, 0.15) is 18.2 Å². The van der Waals surface area contributed by atoms with Gasteiger partial charge in [-0.3, -0.25) is 10.1 Å². The zero-order valence-electron chi connectivity index (χ0n) is 15.6. The first kappa shape index (κ1) is 18.0. The van der Waals surface area contributed by atoms with E-state index < -0.39 is 0 Å². The summed E-state index contributed by atoms with van der Waals surface area (Å²) in [5.41, 5.74) is 1.58. The third kappa shape index (κ3) is 4.11. The van der Waals surface area contributed by atoms with Gasteiger partial charge in [0.15, 0.2) is 5.82 Å². The number of urea groups is 1. The minimum Gasteiger partial charge on any atom is -0.487 e. The number of likely N-dealkylation sites (tertiary alicyclic amines) is 1. The molecule has 0 unspecified atom stereocenters. The molecule has 2 amide bonds. The van der Waals surface area contributed by atoms with Crippen LogP contribution in [0, 0.1) is 6.92 Å². The summed E-state index contributed by atoms with van der Waals surface area (Å²) in [6, 6.07) is 12.8. The van der Waals surface area contributed by atoms with Gasteiger partial charge in [-0.25, -0.2) is 9.78 Å². The number of amides is 2. The zero-order chi connectivity index (χ0) is 19.3. The van der Waals surface area contributed by atoms with Crippen LogP contribution in [0.25, 0.3) is 0 Å². The molecule has 8 heteroatoms. The van der Waals surface area contributed by atoms with Gasteiger partial charge in [-0.05, 0) is 56.2 Å². The number of ether oxygens (including phenoxy) is 1. The van der Waals surface area contributed by atoms with Crippen LogP contribution in [0.4, 0.5) is 10.5 Å². The van der Waals surface area contributed by atoms with Gasteiger partial charge in [0.05, 0.1) is 11.7 Å². The minimum atomic E-state index is -0.146. The van der Waals surface area contributed by atoms with Crippen molar-refractivity contribution in [3.8, 4) is 5.75 Å². The number of carbonyl (C=O) groups is 1. The Bertz CT molecular complexity index is 925. The van der Waals surface area contributed by atoms with E-state index in [0.717, 1.165) is 30.1 Å². The number of anilines is 1. The van der Waals surface area contributed by atoms with Gasteiger partial charge in [0.25, 0.3) is 0 Å². The lowest BCUT2D eigenvalue weighted by atomic mass is 10.2. The molecule has 1 aliphatic rings. The fraction of sp³-hybridized carbons (Fsp3) is 0.300. The summed E-state index contributed by atoms with van der Waals surface area (Å²) in [6.45, 7) is 2.95. The first-order chi connectivity index (χ1) is 13.7. The number of pyridine rings is 1. The zero-order valence-corrected chi connectivity index (χ0v) is 15.6. The lowest BCUT2D eigenvalue weighted by Gasteiger charge is -2.23. The molecule has 1 fully saturated rings. The van der Waals surface area contributed by atoms with Gasteiger partial charge in [-0.1, -0.05) is 6.07 Å². The Labute approximate surface area is 163 Å². The Balaban J connectivity index is 1.35. The molecule has 0 bridgehead atoms. The van der Waals surface area contributed by atoms with Crippen LogP contribution in [0.1, 0.15) is 36.2 Å². The highest BCUT2D eigenvalue weighted by Crippen LogP contribution is 2.30. The summed E-state index contributed by atoms with van der Waals surface area (Å²) in [6.07, 6.45) is 3.54. The second-order valence-electron chi connectivity index (χ2n) is 6.69. The molecule has 1 aromatic carbocycles. The Morgan fingerprint density at radius 2 is 2.14 bits per heavy atom. The molecule has 3 heterocycles. The van der Waals surface area contributed by atoms with Gasteiger partial charge < -0.3 is 15.0 Å². The van der Waals surface area contributed by atoms with Crippen molar-refractivity contribution in [2.45, 2.75) is 32.4 Å². The van der Waals surface area contributed by atoms with Crippen LogP contribution < -0.4 is 10.1 Å². The average Bonchev–Trinajstić information content (AvgIpc) is 3.37. The van der Waals surface area contributed by atoms with E-state index in [1.807, 2.05) is 49.4 Å². The fourth-order valence-corrected chi connectivity index (χ4v) is 3.26. The van der Waals surface area contributed by atoms with E-state index in [1.54, 1.807) is 11.1 Å². The van der Waals surface area contributed by atoms with Gasteiger partial charge in [0.2, 0.25) is 0 Å². The smallest absolute Gasteiger partial charge is 0.322 e. The van der Waals surface area contributed by atoms with Gasteiger partial charge >= 0.3 is 6.03 Å². The van der Waals surface area contributed by atoms with E-state index in [2.05, 4.69) is 25.5 Å². The second kappa shape index (κ2) is 8.08. The van der Waals surface area contributed by atoms with E-state index in [9.17, 15) is 4.79 Å². The maximum absolute atomic E-state index is 12.7. The van der Waals surface area contributed by atoms with Crippen LogP contribution in [0.15, 0.2) is 48.7 Å². The molecule has 0 aliphatic carbocycles. The molecule has 0 radical (unpaired) electrons. The number of carbonyl (C=O) groups excluding carboxylic acids is 1. The van der Waals surface area contributed by atoms with Crippen molar-refractivity contribution in [2.75, 3.05) is 11.9 Å². The maximum atomic E-state index is 12.7. The number of nitrogens with one attached hydrogen (secondary N) is 2. The first-order valence-electron chi connectivity index (χ1n) is 9.28. The summed E-state index contributed by atoms with van der Waals surface area (Å²) in [7, 11) is 0. The molecule has 144 valence electrons. The van der Waals surface area contributed by atoms with Crippen molar-refractivity contribution >= 4 is 11.7 Å². The van der Waals surface area contributed by atoms with Gasteiger partial charge in [0, 0.05) is 18.4 Å². The molecule has 3 aromatic rings. The standard InChI is InChI=1S/C20H22N6O2/c1-14-22-19(25-24-14)18-6-4-12-26(18)20(27)23-15-7-9-17(10-8-15)28-13-16-5-2-3-11-21-16/h2-3,5,7-11,18H,4,6,12-13H2,1H3,(H,23,27)(H,22,24,25)/t18-/m1/s1. The molecule has 1 aliphatic heterocycles. The Morgan fingerprint density at radius 3 is 2.86 bits per heavy atom. The predicted molar refractivity (Wildman–Crippen MR) is 104 cm³/mol. The molecule has 2 N–H and O–H groups in total. The van der Waals surface area contributed by atoms with E-state index in [-0.39, 0.29) is 12.1 Å². The van der Waals surface area contributed by atoms with E-state index in [1.165, 1.54) is 0 Å². The average molecular weight is 378 g/mol. The van der Waals surface area contributed by atoms with E-state index in [0.29, 0.717) is 24.7 Å². The number of aromatic amines is 1. The second-order valence-corrected chi connectivity index (χ2v) is 6.69. The molecule has 2 aromatic heterocycles. The fourth-order valence-electron chi connectivity index (χ4n) is 3.26. The third-order valence-corrected chi connectivity index (χ3v) is 4.64. The summed E-state index contributed by atoms with van der Waals surface area (Å²) in [5, 5.41) is 10.0. The van der Waals surface area contributed by atoms with Crippen LogP contribution in [0.2, 0.25) is 0 Å². The quantitative estimate of drug-likeness (QED) is 0.709. The molecule has 4 rings (SSSR count). The molecular formula is C20H22N6O2. The van der Waals surface area contributed by atoms with Gasteiger partial charge in [-0.2, -0.15) is 5.10 Å². The molecule has 0 spiro atoms. The summed E-state index contributed by atoms with van der Waals surface area (Å²) in [4.78, 5) is 23.1. The van der Waals surface area contributed by atoms with Crippen molar-refractivity contribution in [1.82, 2.24) is 25.1 Å². The predicted octanol–water partition coefficient (Wildman–Crippen LogP) is 3.46. The normalized spacial score (nSPS) is 16.2. The number of benzene rings is 1. The molecule has 1 saturated heterocycles.